The maximum absolute atomic E-state index is 14.1. The Balaban J connectivity index is 2.21. The summed E-state index contributed by atoms with van der Waals surface area (Å²) in [5.41, 5.74) is 12.5. The molecule has 1 heterocycles. The van der Waals surface area contributed by atoms with Crippen molar-refractivity contribution in [3.05, 3.63) is 64.7 Å². The van der Waals surface area contributed by atoms with Crippen molar-refractivity contribution in [3.8, 4) is 5.75 Å². The van der Waals surface area contributed by atoms with E-state index in [1.165, 1.54) is 12.0 Å². The van der Waals surface area contributed by atoms with Gasteiger partial charge in [0.05, 0.1) is 25.1 Å². The highest BCUT2D eigenvalue weighted by atomic mass is 32.1. The zero-order valence-electron chi connectivity index (χ0n) is 22.0. The van der Waals surface area contributed by atoms with Crippen molar-refractivity contribution in [1.82, 2.24) is 9.69 Å². The van der Waals surface area contributed by atoms with Crippen molar-refractivity contribution >= 4 is 52.3 Å². The number of para-hydroxylation sites is 2. The summed E-state index contributed by atoms with van der Waals surface area (Å²) in [6, 6.07) is 12.3. The summed E-state index contributed by atoms with van der Waals surface area (Å²) < 4.78 is 14.4. The number of esters is 1. The Kier molecular flexibility index (Phi) is 9.44. The van der Waals surface area contributed by atoms with Crippen LogP contribution in [-0.2, 0) is 14.3 Å². The molecule has 1 atom stereocenters. The summed E-state index contributed by atoms with van der Waals surface area (Å²) in [7, 11) is 5.16. The number of carbonyl (C=O) groups is 4. The van der Waals surface area contributed by atoms with Crippen molar-refractivity contribution in [1.29, 1.82) is 0 Å². The van der Waals surface area contributed by atoms with E-state index >= 15 is 0 Å². The van der Waals surface area contributed by atoms with Gasteiger partial charge in [0.2, 0.25) is 5.91 Å². The number of carbonyl (C=O) groups excluding carboxylic acids is 4. The number of rotatable bonds is 11. The Hall–Kier alpha value is -4.65. The minimum Gasteiger partial charge on any atom is -0.495 e. The van der Waals surface area contributed by atoms with Gasteiger partial charge in [0.15, 0.2) is 5.69 Å². The molecule has 0 aliphatic carbocycles. The highest BCUT2D eigenvalue weighted by molar-refractivity contribution is 7.09. The molecule has 1 aromatic heterocycles. The first-order valence-corrected chi connectivity index (χ1v) is 12.6. The van der Waals surface area contributed by atoms with Crippen LogP contribution in [0.4, 0.5) is 17.1 Å². The van der Waals surface area contributed by atoms with E-state index < -0.39 is 36.3 Å². The number of nitrogens with one attached hydrogen (secondary N) is 1. The molecule has 3 rings (SSSR count). The second-order valence-electron chi connectivity index (χ2n) is 8.40. The average Bonchev–Trinajstić information content (AvgIpc) is 3.31. The van der Waals surface area contributed by atoms with Gasteiger partial charge >= 0.3 is 5.97 Å². The molecule has 0 aliphatic rings. The van der Waals surface area contributed by atoms with Crippen molar-refractivity contribution in [3.63, 3.8) is 0 Å². The SMILES string of the molecule is CCOC(=O)CNC(=O)C(c1ccc(N(C)C)cc1)N(C(=O)c1snc(C(N)=O)c1N)c1ccccc1OC. The minimum atomic E-state index is -1.29. The topological polar surface area (TPSA) is 170 Å². The van der Waals surface area contributed by atoms with Gasteiger partial charge in [-0.3, -0.25) is 24.1 Å². The third-order valence-corrected chi connectivity index (χ3v) is 6.51. The van der Waals surface area contributed by atoms with Crippen molar-refractivity contribution in [2.24, 2.45) is 5.73 Å². The molecule has 3 aromatic rings. The van der Waals surface area contributed by atoms with E-state index in [1.807, 2.05) is 19.0 Å². The Morgan fingerprint density at radius 2 is 1.74 bits per heavy atom. The van der Waals surface area contributed by atoms with Crippen LogP contribution < -0.4 is 31.3 Å². The third-order valence-electron chi connectivity index (χ3n) is 5.66. The molecule has 0 saturated carbocycles. The van der Waals surface area contributed by atoms with Crippen LogP contribution in [0.5, 0.6) is 5.75 Å². The number of nitrogens with zero attached hydrogens (tertiary/aromatic N) is 3. The van der Waals surface area contributed by atoms with E-state index in [0.29, 0.717) is 17.1 Å². The number of nitrogen functional groups attached to an aromatic ring is 1. The monoisotopic (exact) mass is 554 g/mol. The van der Waals surface area contributed by atoms with Crippen LogP contribution in [0.1, 0.15) is 38.7 Å². The third kappa shape index (κ3) is 6.44. The molecule has 206 valence electrons. The molecule has 39 heavy (non-hydrogen) atoms. The number of hydrogen-bond acceptors (Lipinski definition) is 10. The Labute approximate surface area is 229 Å². The molecule has 0 bridgehead atoms. The summed E-state index contributed by atoms with van der Waals surface area (Å²) in [5, 5.41) is 2.56. The second kappa shape index (κ2) is 12.7. The summed E-state index contributed by atoms with van der Waals surface area (Å²) in [4.78, 5) is 54.7. The zero-order valence-corrected chi connectivity index (χ0v) is 22.8. The van der Waals surface area contributed by atoms with Crippen LogP contribution in [0.3, 0.4) is 0 Å². The van der Waals surface area contributed by atoms with Gasteiger partial charge in [0.1, 0.15) is 23.2 Å². The number of ether oxygens (including phenoxy) is 2. The van der Waals surface area contributed by atoms with E-state index in [9.17, 15) is 19.2 Å². The standard InChI is InChI=1S/C26H30N6O6S/c1-5-38-19(33)14-29-25(35)22(15-10-12-16(13-11-15)31(2)3)32(17-8-6-7-9-18(17)37-4)26(36)23-20(27)21(24(28)34)30-39-23/h6-13,22H,5,14,27H2,1-4H3,(H2,28,34)(H,29,35). The van der Waals surface area contributed by atoms with Gasteiger partial charge in [-0.15, -0.1) is 0 Å². The number of methoxy groups -OCH3 is 1. The molecule has 0 spiro atoms. The first-order chi connectivity index (χ1) is 18.6. The summed E-state index contributed by atoms with van der Waals surface area (Å²) >= 11 is 0.684. The van der Waals surface area contributed by atoms with E-state index in [2.05, 4.69) is 9.69 Å². The van der Waals surface area contributed by atoms with Gasteiger partial charge in [-0.25, -0.2) is 0 Å². The number of nitrogens with two attached hydrogens (primary N) is 2. The van der Waals surface area contributed by atoms with Crippen LogP contribution in [-0.4, -0.2) is 62.4 Å². The van der Waals surface area contributed by atoms with Gasteiger partial charge in [-0.1, -0.05) is 24.3 Å². The van der Waals surface area contributed by atoms with Gasteiger partial charge in [0, 0.05) is 19.8 Å². The number of benzene rings is 2. The second-order valence-corrected chi connectivity index (χ2v) is 9.17. The molecule has 13 heteroatoms. The summed E-state index contributed by atoms with van der Waals surface area (Å²) in [6.45, 7) is 1.38. The number of amides is 3. The van der Waals surface area contributed by atoms with Crippen LogP contribution in [0, 0.1) is 0 Å². The summed E-state index contributed by atoms with van der Waals surface area (Å²) in [5.74, 6) is -2.64. The highest BCUT2D eigenvalue weighted by Crippen LogP contribution is 2.38. The Morgan fingerprint density at radius 3 is 2.31 bits per heavy atom. The lowest BCUT2D eigenvalue weighted by molar-refractivity contribution is -0.143. The maximum Gasteiger partial charge on any atom is 0.325 e. The molecule has 1 unspecified atom stereocenters. The lowest BCUT2D eigenvalue weighted by atomic mass is 10.0. The lowest BCUT2D eigenvalue weighted by Crippen LogP contribution is -2.45. The zero-order chi connectivity index (χ0) is 28.7. The number of aromatic nitrogens is 1. The van der Waals surface area contributed by atoms with Crippen LogP contribution in [0.2, 0.25) is 0 Å². The highest BCUT2D eigenvalue weighted by Gasteiger charge is 2.37. The fourth-order valence-electron chi connectivity index (χ4n) is 3.77. The molecule has 0 aliphatic heterocycles. The van der Waals surface area contributed by atoms with Crippen molar-refractivity contribution in [2.75, 3.05) is 49.9 Å². The predicted octanol–water partition coefficient (Wildman–Crippen LogP) is 1.97. The average molecular weight is 555 g/mol. The lowest BCUT2D eigenvalue weighted by Gasteiger charge is -2.32. The quantitative estimate of drug-likeness (QED) is 0.300. The largest absolute Gasteiger partial charge is 0.495 e. The van der Waals surface area contributed by atoms with Gasteiger partial charge < -0.3 is 31.2 Å². The van der Waals surface area contributed by atoms with Gasteiger partial charge in [-0.05, 0) is 48.3 Å². The number of hydrogen-bond donors (Lipinski definition) is 3. The molecular formula is C26H30N6O6S. The Morgan fingerprint density at radius 1 is 1.08 bits per heavy atom. The van der Waals surface area contributed by atoms with E-state index in [0.717, 1.165) is 5.69 Å². The van der Waals surface area contributed by atoms with Crippen LogP contribution in [0.25, 0.3) is 0 Å². The molecule has 0 fully saturated rings. The minimum absolute atomic E-state index is 0.0946. The summed E-state index contributed by atoms with van der Waals surface area (Å²) in [6.07, 6.45) is 0. The molecule has 12 nitrogen and oxygen atoms in total. The molecular weight excluding hydrogens is 524 g/mol. The fraction of sp³-hybridized carbons (Fsp3) is 0.269. The van der Waals surface area contributed by atoms with Crippen molar-refractivity contribution < 1.29 is 28.7 Å². The van der Waals surface area contributed by atoms with Gasteiger partial charge in [0.25, 0.3) is 11.8 Å². The number of primary amides is 1. The molecule has 5 N–H and O–H groups in total. The van der Waals surface area contributed by atoms with E-state index in [1.54, 1.807) is 55.5 Å². The van der Waals surface area contributed by atoms with E-state index in [-0.39, 0.29) is 34.3 Å². The normalized spacial score (nSPS) is 11.3. The smallest absolute Gasteiger partial charge is 0.325 e. The molecule has 2 aromatic carbocycles. The first kappa shape index (κ1) is 28.9. The molecule has 0 saturated heterocycles. The maximum atomic E-state index is 14.1. The fourth-order valence-corrected chi connectivity index (χ4v) is 4.52. The van der Waals surface area contributed by atoms with Gasteiger partial charge in [-0.2, -0.15) is 4.37 Å². The van der Waals surface area contributed by atoms with Crippen LogP contribution in [0.15, 0.2) is 48.5 Å². The van der Waals surface area contributed by atoms with E-state index in [4.69, 9.17) is 20.9 Å². The van der Waals surface area contributed by atoms with Crippen LogP contribution >= 0.6 is 11.5 Å². The molecule has 3 amide bonds. The Bertz CT molecular complexity index is 1360. The predicted molar refractivity (Wildman–Crippen MR) is 148 cm³/mol. The first-order valence-electron chi connectivity index (χ1n) is 11.8. The molecule has 0 radical (unpaired) electrons. The number of anilines is 3. The van der Waals surface area contributed by atoms with Crippen molar-refractivity contribution in [2.45, 2.75) is 13.0 Å².